The number of nitrogens with two attached hydrogens (primary N) is 1. The summed E-state index contributed by atoms with van der Waals surface area (Å²) >= 11 is 0. The van der Waals surface area contributed by atoms with Crippen LogP contribution in [0.3, 0.4) is 0 Å². The van der Waals surface area contributed by atoms with Crippen LogP contribution in [0.5, 0.6) is 5.75 Å². The topological polar surface area (TPSA) is 77.4 Å². The van der Waals surface area contributed by atoms with Gasteiger partial charge in [0.2, 0.25) is 5.89 Å². The maximum Gasteiger partial charge on any atom is 0.240 e. The lowest BCUT2D eigenvalue weighted by Gasteiger charge is -2.35. The average molecular weight is 260 g/mol. The molecule has 0 saturated carbocycles. The van der Waals surface area contributed by atoms with E-state index >= 15 is 0 Å². The van der Waals surface area contributed by atoms with Gasteiger partial charge in [0.1, 0.15) is 12.4 Å². The highest BCUT2D eigenvalue weighted by atomic mass is 16.5. The largest absolute Gasteiger partial charge is 0.489 e. The molecule has 0 bridgehead atoms. The summed E-state index contributed by atoms with van der Waals surface area (Å²) in [5.41, 5.74) is 6.53. The van der Waals surface area contributed by atoms with E-state index < -0.39 is 0 Å². The summed E-state index contributed by atoms with van der Waals surface area (Å²) in [5, 5.41) is 3.94. The van der Waals surface area contributed by atoms with Gasteiger partial charge in [-0.25, -0.2) is 0 Å². The van der Waals surface area contributed by atoms with E-state index in [0.29, 0.717) is 24.9 Å². The predicted molar refractivity (Wildman–Crippen MR) is 69.8 cm³/mol. The first kappa shape index (κ1) is 12.0. The van der Waals surface area contributed by atoms with Crippen LogP contribution in [0.4, 0.5) is 5.69 Å². The van der Waals surface area contributed by atoms with E-state index in [2.05, 4.69) is 22.0 Å². The van der Waals surface area contributed by atoms with Crippen molar-refractivity contribution in [3.05, 3.63) is 36.0 Å². The lowest BCUT2D eigenvalue weighted by molar-refractivity contribution is 0.268. The molecule has 0 radical (unpaired) electrons. The van der Waals surface area contributed by atoms with Crippen LogP contribution in [0.2, 0.25) is 0 Å². The van der Waals surface area contributed by atoms with Gasteiger partial charge < -0.3 is 19.9 Å². The smallest absolute Gasteiger partial charge is 0.240 e. The van der Waals surface area contributed by atoms with E-state index in [-0.39, 0.29) is 12.6 Å². The third kappa shape index (κ3) is 2.26. The molecule has 0 spiro atoms. The number of benzene rings is 1. The molecule has 19 heavy (non-hydrogen) atoms. The van der Waals surface area contributed by atoms with Gasteiger partial charge in [0, 0.05) is 0 Å². The second kappa shape index (κ2) is 4.89. The predicted octanol–water partition coefficient (Wildman–Crippen LogP) is 1.32. The molecule has 2 N–H and O–H groups in total. The monoisotopic (exact) mass is 260 g/mol. The average Bonchev–Trinajstić information content (AvgIpc) is 2.90. The third-order valence-electron chi connectivity index (χ3n) is 3.18. The van der Waals surface area contributed by atoms with E-state index in [4.69, 9.17) is 15.0 Å². The summed E-state index contributed by atoms with van der Waals surface area (Å²) in [7, 11) is 0. The van der Waals surface area contributed by atoms with E-state index in [9.17, 15) is 0 Å². The Morgan fingerprint density at radius 1 is 1.42 bits per heavy atom. The van der Waals surface area contributed by atoms with Gasteiger partial charge in [0.15, 0.2) is 5.82 Å². The van der Waals surface area contributed by atoms with Crippen LogP contribution in [0.15, 0.2) is 28.8 Å². The molecule has 1 atom stereocenters. The highest BCUT2D eigenvalue weighted by Crippen LogP contribution is 2.34. The zero-order chi connectivity index (χ0) is 13.2. The van der Waals surface area contributed by atoms with E-state index in [1.54, 1.807) is 0 Å². The van der Waals surface area contributed by atoms with Crippen LogP contribution in [0, 0.1) is 0 Å². The van der Waals surface area contributed by atoms with Gasteiger partial charge in [-0.05, 0) is 19.1 Å². The lowest BCUT2D eigenvalue weighted by atomic mass is 10.1. The Morgan fingerprint density at radius 2 is 2.26 bits per heavy atom. The highest BCUT2D eigenvalue weighted by Gasteiger charge is 2.25. The number of fused-ring (bicyclic) bond motifs is 1. The number of para-hydroxylation sites is 2. The van der Waals surface area contributed by atoms with Gasteiger partial charge in [0.25, 0.3) is 0 Å². The van der Waals surface area contributed by atoms with Crippen molar-refractivity contribution in [1.29, 1.82) is 0 Å². The van der Waals surface area contributed by atoms with Crippen LogP contribution in [0.25, 0.3) is 0 Å². The molecule has 6 nitrogen and oxygen atoms in total. The van der Waals surface area contributed by atoms with E-state index in [1.165, 1.54) is 0 Å². The highest BCUT2D eigenvalue weighted by molar-refractivity contribution is 5.60. The maximum atomic E-state index is 5.70. The van der Waals surface area contributed by atoms with Crippen LogP contribution in [-0.4, -0.2) is 22.8 Å². The molecule has 0 fully saturated rings. The molecule has 1 aliphatic heterocycles. The van der Waals surface area contributed by atoms with Crippen LogP contribution >= 0.6 is 0 Å². The molecule has 0 amide bonds. The van der Waals surface area contributed by atoms with Gasteiger partial charge in [-0.3, -0.25) is 0 Å². The number of hydrogen-bond donors (Lipinski definition) is 1. The van der Waals surface area contributed by atoms with Crippen molar-refractivity contribution < 1.29 is 9.26 Å². The molecule has 1 aliphatic rings. The van der Waals surface area contributed by atoms with Crippen molar-refractivity contribution in [2.24, 2.45) is 5.73 Å². The quantitative estimate of drug-likeness (QED) is 0.896. The minimum atomic E-state index is 0.259. The Morgan fingerprint density at radius 3 is 3.05 bits per heavy atom. The molecule has 6 heteroatoms. The van der Waals surface area contributed by atoms with Gasteiger partial charge >= 0.3 is 0 Å². The standard InChI is InChI=1S/C13H16N4O2/c1-9-8-18-11-5-3-2-4-10(11)17(9)7-12-15-13(6-14)19-16-12/h2-5,9H,6-8,14H2,1H3. The summed E-state index contributed by atoms with van der Waals surface area (Å²) in [4.78, 5) is 6.46. The molecule has 2 heterocycles. The Balaban J connectivity index is 1.87. The summed E-state index contributed by atoms with van der Waals surface area (Å²) in [5.74, 6) is 2.00. The normalized spacial score (nSPS) is 18.0. The zero-order valence-electron chi connectivity index (χ0n) is 10.7. The molecule has 2 aromatic rings. The van der Waals surface area contributed by atoms with Crippen LogP contribution in [-0.2, 0) is 13.1 Å². The SMILES string of the molecule is CC1COc2ccccc2N1Cc1noc(CN)n1. The van der Waals surface area contributed by atoms with Gasteiger partial charge in [-0.15, -0.1) is 0 Å². The van der Waals surface area contributed by atoms with Gasteiger partial charge in [0.05, 0.1) is 24.8 Å². The molecular weight excluding hydrogens is 244 g/mol. The molecule has 1 unspecified atom stereocenters. The van der Waals surface area contributed by atoms with Crippen molar-refractivity contribution in [1.82, 2.24) is 10.1 Å². The molecule has 0 aliphatic carbocycles. The molecule has 1 aromatic carbocycles. The lowest BCUT2D eigenvalue weighted by Crippen LogP contribution is -2.40. The number of rotatable bonds is 3. The van der Waals surface area contributed by atoms with Crippen molar-refractivity contribution in [2.75, 3.05) is 11.5 Å². The second-order valence-corrected chi connectivity index (χ2v) is 4.56. The van der Waals surface area contributed by atoms with E-state index in [1.807, 2.05) is 24.3 Å². The molecule has 100 valence electrons. The molecule has 1 aromatic heterocycles. The van der Waals surface area contributed by atoms with Crippen LogP contribution in [0.1, 0.15) is 18.6 Å². The Kier molecular flexibility index (Phi) is 3.08. The minimum Gasteiger partial charge on any atom is -0.489 e. The number of hydrogen-bond acceptors (Lipinski definition) is 6. The Hall–Kier alpha value is -2.08. The summed E-state index contributed by atoms with van der Waals surface area (Å²) in [6, 6.07) is 8.22. The van der Waals surface area contributed by atoms with Crippen molar-refractivity contribution >= 4 is 5.69 Å². The van der Waals surface area contributed by atoms with Gasteiger partial charge in [-0.2, -0.15) is 4.98 Å². The first-order valence-electron chi connectivity index (χ1n) is 6.28. The minimum absolute atomic E-state index is 0.259. The molecule has 3 rings (SSSR count). The first-order chi connectivity index (χ1) is 9.28. The maximum absolute atomic E-state index is 5.70. The zero-order valence-corrected chi connectivity index (χ0v) is 10.7. The van der Waals surface area contributed by atoms with Crippen molar-refractivity contribution in [3.63, 3.8) is 0 Å². The molecule has 0 saturated heterocycles. The van der Waals surface area contributed by atoms with Crippen molar-refractivity contribution in [2.45, 2.75) is 26.1 Å². The fourth-order valence-electron chi connectivity index (χ4n) is 2.18. The number of anilines is 1. The first-order valence-corrected chi connectivity index (χ1v) is 6.28. The number of ether oxygens (including phenoxy) is 1. The van der Waals surface area contributed by atoms with Crippen molar-refractivity contribution in [3.8, 4) is 5.75 Å². The summed E-state index contributed by atoms with van der Waals surface area (Å²) in [6.07, 6.45) is 0. The fraction of sp³-hybridized carbons (Fsp3) is 0.385. The fourth-order valence-corrected chi connectivity index (χ4v) is 2.18. The second-order valence-electron chi connectivity index (χ2n) is 4.56. The van der Waals surface area contributed by atoms with Gasteiger partial charge in [-0.1, -0.05) is 17.3 Å². The molecular formula is C13H16N4O2. The number of aromatic nitrogens is 2. The van der Waals surface area contributed by atoms with Crippen LogP contribution < -0.4 is 15.4 Å². The van der Waals surface area contributed by atoms with E-state index in [0.717, 1.165) is 11.4 Å². The third-order valence-corrected chi connectivity index (χ3v) is 3.18. The number of nitrogens with zero attached hydrogens (tertiary/aromatic N) is 3. The Bertz CT molecular complexity index is 569. The Labute approximate surface area is 111 Å². The summed E-state index contributed by atoms with van der Waals surface area (Å²) in [6.45, 7) is 3.62. The summed E-state index contributed by atoms with van der Waals surface area (Å²) < 4.78 is 10.7.